The van der Waals surface area contributed by atoms with E-state index in [9.17, 15) is 4.79 Å². The number of ether oxygens (including phenoxy) is 3. The van der Waals surface area contributed by atoms with E-state index in [2.05, 4.69) is 0 Å². The molecule has 0 aliphatic rings. The Kier molecular flexibility index (Phi) is 10.3. The van der Waals surface area contributed by atoms with Crippen LogP contribution in [0.2, 0.25) is 0 Å². The van der Waals surface area contributed by atoms with Gasteiger partial charge < -0.3 is 24.2 Å². The molecule has 0 aliphatic carbocycles. The third-order valence-corrected chi connectivity index (χ3v) is 1.95. The third-order valence-electron chi connectivity index (χ3n) is 1.95. The van der Waals surface area contributed by atoms with Crippen LogP contribution in [0.15, 0.2) is 0 Å². The summed E-state index contributed by atoms with van der Waals surface area (Å²) >= 11 is 0. The molecule has 0 unspecified atom stereocenters. The van der Waals surface area contributed by atoms with Crippen LogP contribution in [0.25, 0.3) is 0 Å². The van der Waals surface area contributed by atoms with Gasteiger partial charge in [0.05, 0.1) is 26.4 Å². The van der Waals surface area contributed by atoms with Crippen LogP contribution < -0.4 is 0 Å². The first-order valence-electron chi connectivity index (χ1n) is 5.20. The lowest BCUT2D eigenvalue weighted by Crippen LogP contribution is -2.38. The van der Waals surface area contributed by atoms with Crippen LogP contribution in [0.3, 0.4) is 0 Å². The topological polar surface area (TPSA) is 68.2 Å². The monoisotopic (exact) mass is 235 g/mol. The quantitative estimate of drug-likeness (QED) is 0.498. The van der Waals surface area contributed by atoms with Gasteiger partial charge in [0, 0.05) is 27.3 Å². The fourth-order valence-corrected chi connectivity index (χ4v) is 1.08. The van der Waals surface area contributed by atoms with Gasteiger partial charge in [-0.15, -0.1) is 0 Å². The summed E-state index contributed by atoms with van der Waals surface area (Å²) in [7, 11) is 3.14. The number of aliphatic hydroxyl groups is 1. The number of rotatable bonds is 10. The average molecular weight is 235 g/mol. The highest BCUT2D eigenvalue weighted by Gasteiger charge is 2.12. The summed E-state index contributed by atoms with van der Waals surface area (Å²) in [5.41, 5.74) is 0. The van der Waals surface area contributed by atoms with E-state index in [1.165, 1.54) is 4.90 Å². The SMILES string of the molecule is COCCOCC(=O)N(CCO)CCOC. The summed E-state index contributed by atoms with van der Waals surface area (Å²) < 4.78 is 14.8. The van der Waals surface area contributed by atoms with Gasteiger partial charge in [-0.1, -0.05) is 0 Å². The second-order valence-electron chi connectivity index (χ2n) is 3.14. The number of carbonyl (C=O) groups is 1. The number of methoxy groups -OCH3 is 2. The van der Waals surface area contributed by atoms with E-state index in [-0.39, 0.29) is 19.1 Å². The Morgan fingerprint density at radius 3 is 2.38 bits per heavy atom. The number of hydrogen-bond donors (Lipinski definition) is 1. The van der Waals surface area contributed by atoms with Crippen molar-refractivity contribution in [1.29, 1.82) is 0 Å². The summed E-state index contributed by atoms with van der Waals surface area (Å²) in [5, 5.41) is 8.80. The van der Waals surface area contributed by atoms with Gasteiger partial charge in [-0.3, -0.25) is 4.79 Å². The molecular formula is C10H21NO5. The van der Waals surface area contributed by atoms with Crippen molar-refractivity contribution in [3.63, 3.8) is 0 Å². The van der Waals surface area contributed by atoms with Crippen molar-refractivity contribution in [1.82, 2.24) is 4.90 Å². The molecule has 16 heavy (non-hydrogen) atoms. The van der Waals surface area contributed by atoms with Crippen LogP contribution >= 0.6 is 0 Å². The molecule has 0 aliphatic heterocycles. The van der Waals surface area contributed by atoms with Crippen molar-refractivity contribution in [2.45, 2.75) is 0 Å². The van der Waals surface area contributed by atoms with Gasteiger partial charge in [0.15, 0.2) is 0 Å². The number of aliphatic hydroxyl groups excluding tert-OH is 1. The Morgan fingerprint density at radius 2 is 1.81 bits per heavy atom. The zero-order valence-corrected chi connectivity index (χ0v) is 9.98. The van der Waals surface area contributed by atoms with Crippen LogP contribution in [0.1, 0.15) is 0 Å². The summed E-state index contributed by atoms with van der Waals surface area (Å²) in [6.45, 7) is 2.01. The lowest BCUT2D eigenvalue weighted by molar-refractivity contribution is -0.137. The second-order valence-corrected chi connectivity index (χ2v) is 3.14. The Labute approximate surface area is 96.1 Å². The van der Waals surface area contributed by atoms with Crippen LogP contribution in [0.5, 0.6) is 0 Å². The van der Waals surface area contributed by atoms with Gasteiger partial charge in [0.1, 0.15) is 6.61 Å². The van der Waals surface area contributed by atoms with Gasteiger partial charge in [0.2, 0.25) is 5.91 Å². The van der Waals surface area contributed by atoms with Crippen LogP contribution in [0.4, 0.5) is 0 Å². The predicted octanol–water partition coefficient (Wildman–Crippen LogP) is -0.883. The number of carbonyl (C=O) groups excluding carboxylic acids is 1. The van der Waals surface area contributed by atoms with Gasteiger partial charge in [-0.2, -0.15) is 0 Å². The molecule has 1 N–H and O–H groups in total. The van der Waals surface area contributed by atoms with Crippen molar-refractivity contribution < 1.29 is 24.1 Å². The van der Waals surface area contributed by atoms with Crippen molar-refractivity contribution in [3.05, 3.63) is 0 Å². The fourth-order valence-electron chi connectivity index (χ4n) is 1.08. The van der Waals surface area contributed by atoms with Crippen molar-refractivity contribution in [3.8, 4) is 0 Å². The van der Waals surface area contributed by atoms with Gasteiger partial charge in [-0.05, 0) is 0 Å². The molecule has 0 fully saturated rings. The summed E-state index contributed by atoms with van der Waals surface area (Å²) in [4.78, 5) is 13.1. The standard InChI is InChI=1S/C10H21NO5/c1-14-6-4-11(3-5-12)10(13)9-16-8-7-15-2/h12H,3-9H2,1-2H3. The zero-order chi connectivity index (χ0) is 12.2. The van der Waals surface area contributed by atoms with Crippen LogP contribution in [0, 0.1) is 0 Å². The van der Waals surface area contributed by atoms with E-state index >= 15 is 0 Å². The van der Waals surface area contributed by atoms with Gasteiger partial charge in [-0.25, -0.2) is 0 Å². The molecule has 0 atom stereocenters. The van der Waals surface area contributed by atoms with Crippen molar-refractivity contribution >= 4 is 5.91 Å². The van der Waals surface area contributed by atoms with Crippen molar-refractivity contribution in [2.75, 3.05) is 60.3 Å². The predicted molar refractivity (Wildman–Crippen MR) is 58.2 cm³/mol. The van der Waals surface area contributed by atoms with E-state index < -0.39 is 0 Å². The molecule has 1 amide bonds. The minimum absolute atomic E-state index is 0.00702. The molecule has 0 aromatic rings. The van der Waals surface area contributed by atoms with Crippen LogP contribution in [-0.4, -0.2) is 76.3 Å². The van der Waals surface area contributed by atoms with Crippen molar-refractivity contribution in [2.24, 2.45) is 0 Å². The first-order chi connectivity index (χ1) is 7.76. The largest absolute Gasteiger partial charge is 0.395 e. The molecule has 96 valence electrons. The molecule has 0 heterocycles. The molecule has 0 saturated carbocycles. The summed E-state index contributed by atoms with van der Waals surface area (Å²) in [6.07, 6.45) is 0. The number of nitrogens with zero attached hydrogens (tertiary/aromatic N) is 1. The van der Waals surface area contributed by atoms with E-state index in [4.69, 9.17) is 19.3 Å². The molecule has 6 heteroatoms. The molecule has 0 spiro atoms. The molecule has 0 radical (unpaired) electrons. The molecule has 0 saturated heterocycles. The highest BCUT2D eigenvalue weighted by Crippen LogP contribution is 1.91. The molecule has 0 aromatic heterocycles. The number of hydrogen-bond acceptors (Lipinski definition) is 5. The van der Waals surface area contributed by atoms with E-state index in [1.54, 1.807) is 14.2 Å². The Balaban J connectivity index is 3.77. The third kappa shape index (κ3) is 7.58. The normalized spacial score (nSPS) is 10.4. The second kappa shape index (κ2) is 10.8. The molecule has 0 aromatic carbocycles. The maximum atomic E-state index is 11.6. The Bertz CT molecular complexity index is 177. The smallest absolute Gasteiger partial charge is 0.248 e. The lowest BCUT2D eigenvalue weighted by Gasteiger charge is -2.21. The molecule has 6 nitrogen and oxygen atoms in total. The molecule has 0 rings (SSSR count). The van der Waals surface area contributed by atoms with E-state index in [0.29, 0.717) is 32.9 Å². The summed E-state index contributed by atoms with van der Waals surface area (Å²) in [5.74, 6) is -0.151. The summed E-state index contributed by atoms with van der Waals surface area (Å²) in [6, 6.07) is 0. The van der Waals surface area contributed by atoms with Gasteiger partial charge in [0.25, 0.3) is 0 Å². The average Bonchev–Trinajstić information content (AvgIpc) is 2.29. The fraction of sp³-hybridized carbons (Fsp3) is 0.900. The highest BCUT2D eigenvalue weighted by atomic mass is 16.5. The van der Waals surface area contributed by atoms with Gasteiger partial charge >= 0.3 is 0 Å². The van der Waals surface area contributed by atoms with E-state index in [0.717, 1.165) is 0 Å². The molecular weight excluding hydrogens is 214 g/mol. The number of amides is 1. The lowest BCUT2D eigenvalue weighted by atomic mass is 10.4. The Hall–Kier alpha value is -0.690. The first kappa shape index (κ1) is 15.3. The van der Waals surface area contributed by atoms with Crippen LogP contribution in [-0.2, 0) is 19.0 Å². The maximum absolute atomic E-state index is 11.6. The van der Waals surface area contributed by atoms with E-state index in [1.807, 2.05) is 0 Å². The minimum Gasteiger partial charge on any atom is -0.395 e. The molecule has 0 bridgehead atoms. The highest BCUT2D eigenvalue weighted by molar-refractivity contribution is 5.77. The maximum Gasteiger partial charge on any atom is 0.248 e. The Morgan fingerprint density at radius 1 is 1.12 bits per heavy atom. The minimum atomic E-state index is -0.151. The first-order valence-corrected chi connectivity index (χ1v) is 5.20. The zero-order valence-electron chi connectivity index (χ0n) is 9.98.